The number of benzene rings is 2. The summed E-state index contributed by atoms with van der Waals surface area (Å²) >= 11 is 0.926. The van der Waals surface area contributed by atoms with Gasteiger partial charge in [-0.15, -0.1) is 0 Å². The van der Waals surface area contributed by atoms with E-state index in [2.05, 4.69) is 33.9 Å². The zero-order chi connectivity index (χ0) is 23.4. The lowest BCUT2D eigenvalue weighted by molar-refractivity contribution is -0.251. The molecule has 1 unspecified atom stereocenters. The molecule has 2 aliphatic rings. The van der Waals surface area contributed by atoms with Crippen molar-refractivity contribution in [2.24, 2.45) is 0 Å². The van der Waals surface area contributed by atoms with Crippen molar-refractivity contribution in [3.05, 3.63) is 46.9 Å². The van der Waals surface area contributed by atoms with Gasteiger partial charge in [0.15, 0.2) is 6.29 Å². The van der Waals surface area contributed by atoms with Gasteiger partial charge in [-0.25, -0.2) is 4.72 Å². The summed E-state index contributed by atoms with van der Waals surface area (Å²) in [5.74, 6) is 0. The Morgan fingerprint density at radius 3 is 2.58 bits per heavy atom. The van der Waals surface area contributed by atoms with Crippen LogP contribution in [0.2, 0.25) is 0 Å². The van der Waals surface area contributed by atoms with Gasteiger partial charge in [-0.05, 0) is 52.6 Å². The Morgan fingerprint density at radius 2 is 1.85 bits per heavy atom. The Kier molecular flexibility index (Phi) is 7.85. The number of anilines is 1. The molecule has 10 heteroatoms. The lowest BCUT2D eigenvalue weighted by Crippen LogP contribution is -2.62. The zero-order valence-corrected chi connectivity index (χ0v) is 18.7. The second kappa shape index (κ2) is 10.8. The number of rotatable bonds is 6. The van der Waals surface area contributed by atoms with Gasteiger partial charge in [0.2, 0.25) is 0 Å². The second-order valence-corrected chi connectivity index (χ2v) is 8.86. The number of morpholine rings is 1. The molecule has 0 amide bonds. The molecule has 2 fully saturated rings. The van der Waals surface area contributed by atoms with E-state index in [1.165, 1.54) is 0 Å². The molecule has 2 aromatic rings. The molecule has 0 bridgehead atoms. The highest BCUT2D eigenvalue weighted by molar-refractivity contribution is 8.01. The topological polar surface area (TPSA) is 138 Å². The molecule has 33 heavy (non-hydrogen) atoms. The van der Waals surface area contributed by atoms with Crippen LogP contribution in [0.15, 0.2) is 41.3 Å². The zero-order valence-electron chi connectivity index (χ0n) is 17.9. The van der Waals surface area contributed by atoms with Crippen LogP contribution in [-0.4, -0.2) is 84.0 Å². The molecule has 176 valence electrons. The first-order valence-corrected chi connectivity index (χ1v) is 11.5. The van der Waals surface area contributed by atoms with E-state index in [0.29, 0.717) is 4.91 Å². The highest BCUT2D eigenvalue weighted by atomic mass is 32.2. The van der Waals surface area contributed by atoms with Gasteiger partial charge in [-0.1, -0.05) is 18.2 Å². The predicted molar refractivity (Wildman–Crippen MR) is 125 cm³/mol. The van der Waals surface area contributed by atoms with Crippen molar-refractivity contribution >= 4 is 34.5 Å². The number of allylic oxidation sites excluding steroid dienone is 1. The molecular formula is C23H27N3O6S. The average Bonchev–Trinajstić information content (AvgIpc) is 2.85. The van der Waals surface area contributed by atoms with Gasteiger partial charge in [0.25, 0.3) is 0 Å². The van der Waals surface area contributed by atoms with E-state index >= 15 is 0 Å². The lowest BCUT2D eigenvalue weighted by atomic mass is 9.98. The smallest absolute Gasteiger partial charge is 0.174 e. The van der Waals surface area contributed by atoms with E-state index < -0.39 is 37.3 Å². The molecule has 0 spiro atoms. The van der Waals surface area contributed by atoms with Crippen molar-refractivity contribution in [3.8, 4) is 6.07 Å². The Balaban J connectivity index is 1.45. The number of ether oxygens (including phenoxy) is 2. The van der Waals surface area contributed by atoms with Crippen molar-refractivity contribution in [3.63, 3.8) is 0 Å². The van der Waals surface area contributed by atoms with Crippen LogP contribution in [0.3, 0.4) is 0 Å². The molecule has 2 aliphatic heterocycles. The van der Waals surface area contributed by atoms with Gasteiger partial charge in [0, 0.05) is 18.8 Å². The Labute approximate surface area is 196 Å². The number of fused-ring (bicyclic) bond motifs is 1. The largest absolute Gasteiger partial charge is 0.394 e. The van der Waals surface area contributed by atoms with Crippen molar-refractivity contribution in [2.45, 2.75) is 30.6 Å². The molecule has 0 aliphatic carbocycles. The first-order valence-electron chi connectivity index (χ1n) is 10.7. The van der Waals surface area contributed by atoms with Crippen molar-refractivity contribution < 1.29 is 29.9 Å². The van der Waals surface area contributed by atoms with Gasteiger partial charge >= 0.3 is 0 Å². The van der Waals surface area contributed by atoms with Crippen LogP contribution < -0.4 is 9.62 Å². The SMILES string of the molecule is N#C/C(=C\c1ccc2cc(N3CCOCC3)ccc2c1)SN[C@H]1C(O)O[C@H](CO)[C@@H](O)[C@@H]1O. The maximum absolute atomic E-state index is 10.2. The fourth-order valence-electron chi connectivity index (χ4n) is 3.95. The number of nitriles is 1. The monoisotopic (exact) mass is 473 g/mol. The third-order valence-corrected chi connectivity index (χ3v) is 6.66. The highest BCUT2D eigenvalue weighted by Gasteiger charge is 2.43. The van der Waals surface area contributed by atoms with Gasteiger partial charge in [-0.3, -0.25) is 0 Å². The third kappa shape index (κ3) is 5.48. The summed E-state index contributed by atoms with van der Waals surface area (Å²) in [7, 11) is 0. The van der Waals surface area contributed by atoms with Crippen molar-refractivity contribution in [1.82, 2.24) is 4.72 Å². The van der Waals surface area contributed by atoms with Crippen LogP contribution in [0.1, 0.15) is 5.56 Å². The van der Waals surface area contributed by atoms with Gasteiger partial charge in [-0.2, -0.15) is 5.26 Å². The Hall–Kier alpha value is -2.20. The number of aliphatic hydroxyl groups excluding tert-OH is 4. The lowest BCUT2D eigenvalue weighted by Gasteiger charge is -2.40. The minimum Gasteiger partial charge on any atom is -0.394 e. The van der Waals surface area contributed by atoms with Gasteiger partial charge < -0.3 is 34.8 Å². The summed E-state index contributed by atoms with van der Waals surface area (Å²) in [6.45, 7) is 2.66. The molecule has 4 rings (SSSR count). The van der Waals surface area contributed by atoms with Gasteiger partial charge in [0.1, 0.15) is 29.3 Å². The summed E-state index contributed by atoms with van der Waals surface area (Å²) in [5, 5.41) is 51.2. The van der Waals surface area contributed by atoms with Crippen LogP contribution >= 0.6 is 11.9 Å². The van der Waals surface area contributed by atoms with Crippen LogP contribution in [0.5, 0.6) is 0 Å². The minimum absolute atomic E-state index is 0.303. The number of hydrogen-bond donors (Lipinski definition) is 5. The molecule has 2 heterocycles. The van der Waals surface area contributed by atoms with Crippen molar-refractivity contribution in [1.29, 1.82) is 5.26 Å². The minimum atomic E-state index is -1.45. The fourth-order valence-corrected chi connectivity index (χ4v) is 4.71. The van der Waals surface area contributed by atoms with E-state index in [-0.39, 0.29) is 0 Å². The maximum Gasteiger partial charge on any atom is 0.174 e. The van der Waals surface area contributed by atoms with Crippen LogP contribution in [0.4, 0.5) is 5.69 Å². The predicted octanol–water partition coefficient (Wildman–Crippen LogP) is 0.579. The summed E-state index contributed by atoms with van der Waals surface area (Å²) < 4.78 is 13.3. The highest BCUT2D eigenvalue weighted by Crippen LogP contribution is 2.27. The van der Waals surface area contributed by atoms with E-state index in [1.807, 2.05) is 18.2 Å². The molecule has 2 saturated heterocycles. The van der Waals surface area contributed by atoms with E-state index in [0.717, 1.165) is 60.3 Å². The summed E-state index contributed by atoms with van der Waals surface area (Å²) in [6.07, 6.45) is -3.57. The second-order valence-electron chi connectivity index (χ2n) is 7.99. The number of nitrogens with one attached hydrogen (secondary N) is 1. The molecule has 0 saturated carbocycles. The quantitative estimate of drug-likeness (QED) is 0.299. The van der Waals surface area contributed by atoms with Crippen LogP contribution in [0.25, 0.3) is 16.8 Å². The van der Waals surface area contributed by atoms with E-state index in [4.69, 9.17) is 14.6 Å². The Morgan fingerprint density at radius 1 is 1.12 bits per heavy atom. The molecule has 2 aromatic carbocycles. The summed E-state index contributed by atoms with van der Waals surface area (Å²) in [5.41, 5.74) is 1.98. The number of aliphatic hydroxyl groups is 4. The number of nitrogens with zero attached hydrogens (tertiary/aromatic N) is 2. The molecule has 5 atom stereocenters. The maximum atomic E-state index is 10.2. The van der Waals surface area contributed by atoms with E-state index in [9.17, 15) is 20.6 Å². The normalized spacial score (nSPS) is 28.6. The van der Waals surface area contributed by atoms with Crippen LogP contribution in [0, 0.1) is 11.3 Å². The first kappa shape index (κ1) is 23.9. The standard InChI is InChI=1S/C23H27N3O6S/c24-12-18(33-25-20-22(29)21(28)19(13-27)32-23(20)30)10-14-1-2-16-11-17(4-3-15(16)9-14)26-5-7-31-8-6-26/h1-4,9-11,19-23,25,27-30H,5-8,13H2/b18-10+/t19-,20-,21-,22-,23?/m1/s1. The Bertz CT molecular complexity index is 1040. The van der Waals surface area contributed by atoms with Crippen molar-refractivity contribution in [2.75, 3.05) is 37.8 Å². The fraction of sp³-hybridized carbons (Fsp3) is 0.435. The molecule has 9 nitrogen and oxygen atoms in total. The molecular weight excluding hydrogens is 446 g/mol. The third-order valence-electron chi connectivity index (χ3n) is 5.84. The van der Waals surface area contributed by atoms with Gasteiger partial charge in [0.05, 0.1) is 25.9 Å². The molecule has 5 N–H and O–H groups in total. The van der Waals surface area contributed by atoms with Crippen LogP contribution in [-0.2, 0) is 9.47 Å². The summed E-state index contributed by atoms with van der Waals surface area (Å²) in [6, 6.07) is 13.2. The first-order chi connectivity index (χ1) is 16.0. The molecule has 0 aromatic heterocycles. The summed E-state index contributed by atoms with van der Waals surface area (Å²) in [4.78, 5) is 2.60. The molecule has 0 radical (unpaired) electrons. The number of hydrogen-bond acceptors (Lipinski definition) is 10. The van der Waals surface area contributed by atoms with E-state index in [1.54, 1.807) is 6.08 Å². The average molecular weight is 474 g/mol.